The van der Waals surface area contributed by atoms with Crippen LogP contribution in [0.5, 0.6) is 0 Å². The van der Waals surface area contributed by atoms with Gasteiger partial charge in [0.25, 0.3) is 15.9 Å². The number of hydrogen-bond acceptors (Lipinski definition) is 5. The molecule has 0 saturated carbocycles. The van der Waals surface area contributed by atoms with Crippen molar-refractivity contribution >= 4 is 50.0 Å². The third-order valence-electron chi connectivity index (χ3n) is 6.46. The van der Waals surface area contributed by atoms with Gasteiger partial charge in [-0.2, -0.15) is 0 Å². The largest absolute Gasteiger partial charge is 0.336 e. The lowest BCUT2D eigenvalue weighted by Crippen LogP contribution is -2.49. The van der Waals surface area contributed by atoms with Gasteiger partial charge < -0.3 is 4.90 Å². The van der Waals surface area contributed by atoms with E-state index in [1.54, 1.807) is 48.4 Å². The molecule has 0 spiro atoms. The van der Waals surface area contributed by atoms with Gasteiger partial charge in [0, 0.05) is 65.6 Å². The Kier molecular flexibility index (Phi) is 9.45. The van der Waals surface area contributed by atoms with Crippen LogP contribution < -0.4 is 4.72 Å². The molecule has 0 bridgehead atoms. The first-order chi connectivity index (χ1) is 18.7. The van der Waals surface area contributed by atoms with Gasteiger partial charge in [0.1, 0.15) is 4.90 Å². The number of pyridine rings is 1. The molecule has 0 aliphatic carbocycles. The summed E-state index contributed by atoms with van der Waals surface area (Å²) in [7, 11) is -3.87. The molecule has 1 fully saturated rings. The predicted molar refractivity (Wildman–Crippen MR) is 157 cm³/mol. The molecular weight excluding hydrogens is 555 g/mol. The molecule has 204 valence electrons. The Hall–Kier alpha value is -3.17. The van der Waals surface area contributed by atoms with Gasteiger partial charge in [0.15, 0.2) is 0 Å². The van der Waals surface area contributed by atoms with Crippen molar-refractivity contribution in [2.75, 3.05) is 32.7 Å². The van der Waals surface area contributed by atoms with E-state index in [0.717, 1.165) is 37.0 Å². The number of amides is 1. The number of halogens is 2. The molecule has 3 aromatic rings. The second-order valence-corrected chi connectivity index (χ2v) is 11.8. The van der Waals surface area contributed by atoms with E-state index in [-0.39, 0.29) is 10.8 Å². The summed E-state index contributed by atoms with van der Waals surface area (Å²) in [6.07, 6.45) is 7.02. The zero-order chi connectivity index (χ0) is 28.0. The fourth-order valence-electron chi connectivity index (χ4n) is 4.44. The van der Waals surface area contributed by atoms with Crippen molar-refractivity contribution in [3.63, 3.8) is 0 Å². The maximum Gasteiger partial charge on any atom is 0.263 e. The van der Waals surface area contributed by atoms with Crippen LogP contribution in [0.4, 0.5) is 0 Å². The lowest BCUT2D eigenvalue weighted by atomic mass is 10.1. The number of fused-ring (bicyclic) bond motifs is 1. The monoisotopic (exact) mass is 584 g/mol. The molecule has 1 aromatic heterocycles. The number of carbonyl (C=O) groups excluding carboxylic acids is 1. The van der Waals surface area contributed by atoms with Crippen LogP contribution in [-0.4, -0.2) is 61.8 Å². The van der Waals surface area contributed by atoms with Crippen molar-refractivity contribution in [2.45, 2.75) is 18.2 Å². The van der Waals surface area contributed by atoms with E-state index in [0.29, 0.717) is 39.9 Å². The second kappa shape index (κ2) is 12.8. The highest BCUT2D eigenvalue weighted by Crippen LogP contribution is 2.22. The Morgan fingerprint density at radius 1 is 1.05 bits per heavy atom. The van der Waals surface area contributed by atoms with E-state index in [9.17, 15) is 13.2 Å². The maximum absolute atomic E-state index is 13.1. The zero-order valence-corrected chi connectivity index (χ0v) is 23.9. The number of nitrogens with zero attached hydrogens (tertiary/aromatic N) is 3. The molecule has 39 heavy (non-hydrogen) atoms. The number of nitrogens with one attached hydrogen (secondary N) is 1. The summed E-state index contributed by atoms with van der Waals surface area (Å²) in [5.74, 6) is -0.142. The third kappa shape index (κ3) is 7.48. The van der Waals surface area contributed by atoms with Gasteiger partial charge in [-0.25, -0.2) is 8.42 Å². The molecular formula is C29H30Cl2N4O3S. The Bertz CT molecular complexity index is 1520. The molecule has 1 aliphatic heterocycles. The second-order valence-electron chi connectivity index (χ2n) is 9.27. The Balaban J connectivity index is 1.35. The maximum atomic E-state index is 13.1. The number of carbonyl (C=O) groups is 1. The summed E-state index contributed by atoms with van der Waals surface area (Å²) in [5.41, 5.74) is 2.23. The van der Waals surface area contributed by atoms with Crippen LogP contribution in [0.1, 0.15) is 12.5 Å². The van der Waals surface area contributed by atoms with Crippen molar-refractivity contribution in [3.8, 4) is 0 Å². The van der Waals surface area contributed by atoms with E-state index in [1.165, 1.54) is 12.1 Å². The topological polar surface area (TPSA) is 82.6 Å². The van der Waals surface area contributed by atoms with Gasteiger partial charge in [0.05, 0.1) is 5.52 Å². The third-order valence-corrected chi connectivity index (χ3v) is 8.39. The molecule has 1 saturated heterocycles. The summed E-state index contributed by atoms with van der Waals surface area (Å²) in [5, 5.41) is 1.98. The summed E-state index contributed by atoms with van der Waals surface area (Å²) in [4.78, 5) is 21.5. The fraction of sp³-hybridized carbons (Fsp3) is 0.241. The average molecular weight is 586 g/mol. The highest BCUT2D eigenvalue weighted by molar-refractivity contribution is 7.89. The van der Waals surface area contributed by atoms with Crippen LogP contribution >= 0.6 is 23.2 Å². The van der Waals surface area contributed by atoms with E-state index < -0.39 is 10.0 Å². The van der Waals surface area contributed by atoms with Crippen molar-refractivity contribution in [1.82, 2.24) is 19.5 Å². The van der Waals surface area contributed by atoms with E-state index in [1.807, 2.05) is 24.3 Å². The summed E-state index contributed by atoms with van der Waals surface area (Å²) in [6.45, 7) is 8.92. The highest BCUT2D eigenvalue weighted by atomic mass is 35.5. The van der Waals surface area contributed by atoms with Crippen LogP contribution in [0.25, 0.3) is 10.9 Å². The first-order valence-electron chi connectivity index (χ1n) is 12.5. The number of hydrogen-bond donors (Lipinski definition) is 1. The summed E-state index contributed by atoms with van der Waals surface area (Å²) < 4.78 is 28.6. The zero-order valence-electron chi connectivity index (χ0n) is 21.6. The lowest BCUT2D eigenvalue weighted by Gasteiger charge is -2.35. The molecule has 7 nitrogen and oxygen atoms in total. The van der Waals surface area contributed by atoms with Crippen molar-refractivity contribution in [3.05, 3.63) is 106 Å². The number of rotatable bonds is 9. The normalized spacial score (nSPS) is 15.4. The average Bonchev–Trinajstić information content (AvgIpc) is 2.91. The molecule has 10 heteroatoms. The molecule has 0 radical (unpaired) electrons. The van der Waals surface area contributed by atoms with E-state index in [2.05, 4.69) is 21.2 Å². The first kappa shape index (κ1) is 28.8. The summed E-state index contributed by atoms with van der Waals surface area (Å²) in [6, 6.07) is 14.1. The van der Waals surface area contributed by atoms with Gasteiger partial charge in [-0.05, 0) is 61.4 Å². The molecule has 0 atom stereocenters. The van der Waals surface area contributed by atoms with E-state index >= 15 is 0 Å². The first-order valence-corrected chi connectivity index (χ1v) is 14.7. The molecule has 2 aromatic carbocycles. The molecule has 4 rings (SSSR count). The molecule has 2 heterocycles. The standard InChI is InChI=1S/C29H30Cl2N4O3S/c1-3-23(10-9-21(2)33-39(37,38)27-8-4-6-24-7-5-12-32-28(24)27)29(36)35-16-14-34(15-17-35)13-11-22-18-25(30)20-26(31)19-22/h3-10,12,18-20,33H,1,11,13-17H2,2H3/b21-9+,23-10+. The quantitative estimate of drug-likeness (QED) is 0.275. The van der Waals surface area contributed by atoms with Crippen molar-refractivity contribution < 1.29 is 13.2 Å². The van der Waals surface area contributed by atoms with Crippen LogP contribution in [-0.2, 0) is 21.2 Å². The van der Waals surface area contributed by atoms with Gasteiger partial charge in [-0.3, -0.25) is 19.4 Å². The number of sulfonamides is 1. The highest BCUT2D eigenvalue weighted by Gasteiger charge is 2.22. The summed E-state index contributed by atoms with van der Waals surface area (Å²) >= 11 is 12.2. The van der Waals surface area contributed by atoms with Gasteiger partial charge >= 0.3 is 0 Å². The fourth-order valence-corrected chi connectivity index (χ4v) is 6.29. The van der Waals surface area contributed by atoms with Crippen LogP contribution in [0.3, 0.4) is 0 Å². The number of benzene rings is 2. The smallest absolute Gasteiger partial charge is 0.263 e. The minimum absolute atomic E-state index is 0.0914. The SMILES string of the molecule is C=C/C(=C\C=C(/C)NS(=O)(=O)c1cccc2cccnc12)C(=O)N1CCN(CCc2cc(Cl)cc(Cl)c2)CC1. The van der Waals surface area contributed by atoms with Crippen LogP contribution in [0, 0.1) is 0 Å². The Morgan fingerprint density at radius 3 is 2.44 bits per heavy atom. The molecule has 0 unspecified atom stereocenters. The number of aromatic nitrogens is 1. The number of piperazine rings is 1. The molecule has 1 aliphatic rings. The van der Waals surface area contributed by atoms with Crippen LogP contribution in [0.2, 0.25) is 10.0 Å². The number of para-hydroxylation sites is 1. The van der Waals surface area contributed by atoms with Gasteiger partial charge in [0.2, 0.25) is 0 Å². The Labute approximate surface area is 239 Å². The molecule has 1 N–H and O–H groups in total. The lowest BCUT2D eigenvalue weighted by molar-refractivity contribution is -0.128. The van der Waals surface area contributed by atoms with E-state index in [4.69, 9.17) is 23.2 Å². The molecule has 1 amide bonds. The number of allylic oxidation sites excluding steroid dienone is 3. The minimum Gasteiger partial charge on any atom is -0.336 e. The Morgan fingerprint density at radius 2 is 1.74 bits per heavy atom. The van der Waals surface area contributed by atoms with Gasteiger partial charge in [-0.1, -0.05) is 54.1 Å². The van der Waals surface area contributed by atoms with Crippen LogP contribution in [0.15, 0.2) is 95.7 Å². The predicted octanol–water partition coefficient (Wildman–Crippen LogP) is 5.22. The van der Waals surface area contributed by atoms with Gasteiger partial charge in [-0.15, -0.1) is 0 Å². The van der Waals surface area contributed by atoms with Crippen molar-refractivity contribution in [2.24, 2.45) is 0 Å². The minimum atomic E-state index is -3.87. The van der Waals surface area contributed by atoms with Crippen molar-refractivity contribution in [1.29, 1.82) is 0 Å².